The molecule has 0 saturated carbocycles. The Morgan fingerprint density at radius 2 is 1.71 bits per heavy atom. The molecule has 0 aliphatic carbocycles. The van der Waals surface area contributed by atoms with Gasteiger partial charge in [0.2, 0.25) is 0 Å². The van der Waals surface area contributed by atoms with E-state index < -0.39 is 0 Å². The molecular formula is C21H25ClO2. The van der Waals surface area contributed by atoms with Crippen LogP contribution in [0.2, 0.25) is 5.02 Å². The Kier molecular flexibility index (Phi) is 6.44. The fourth-order valence-corrected chi connectivity index (χ4v) is 3.14. The number of ether oxygens (including phenoxy) is 1. The van der Waals surface area contributed by atoms with Crippen molar-refractivity contribution >= 4 is 17.6 Å². The number of carbonyl (C=O) groups is 1. The van der Waals surface area contributed by atoms with Crippen molar-refractivity contribution in [3.8, 4) is 0 Å². The highest BCUT2D eigenvalue weighted by Crippen LogP contribution is 2.31. The fourth-order valence-electron chi connectivity index (χ4n) is 2.73. The number of hydrogen-bond acceptors (Lipinski definition) is 2. The summed E-state index contributed by atoms with van der Waals surface area (Å²) in [5.41, 5.74) is 4.51. The van der Waals surface area contributed by atoms with E-state index in [0.29, 0.717) is 12.8 Å². The smallest absolute Gasteiger partial charge is 0.305 e. The molecule has 0 spiro atoms. The van der Waals surface area contributed by atoms with Gasteiger partial charge in [-0.3, -0.25) is 4.79 Å². The Hall–Kier alpha value is -1.80. The van der Waals surface area contributed by atoms with E-state index in [2.05, 4.69) is 38.1 Å². The maximum Gasteiger partial charge on any atom is 0.305 e. The lowest BCUT2D eigenvalue weighted by atomic mass is 9.90. The largest absolute Gasteiger partial charge is 0.461 e. The van der Waals surface area contributed by atoms with Crippen LogP contribution in [0.15, 0.2) is 42.5 Å². The predicted octanol–water partition coefficient (Wildman–Crippen LogP) is 5.62. The zero-order valence-electron chi connectivity index (χ0n) is 14.8. The van der Waals surface area contributed by atoms with Gasteiger partial charge in [0.25, 0.3) is 0 Å². The zero-order chi connectivity index (χ0) is 17.7. The second kappa shape index (κ2) is 8.34. The van der Waals surface area contributed by atoms with Crippen LogP contribution >= 0.6 is 11.6 Å². The van der Waals surface area contributed by atoms with Gasteiger partial charge in [0.15, 0.2) is 0 Å². The number of aryl methyl sites for hydroxylation is 2. The first-order valence-corrected chi connectivity index (χ1v) is 8.79. The fraction of sp³-hybridized carbons (Fsp3) is 0.381. The Labute approximate surface area is 149 Å². The second-order valence-electron chi connectivity index (χ2n) is 6.39. The topological polar surface area (TPSA) is 26.3 Å². The van der Waals surface area contributed by atoms with Crippen LogP contribution in [0, 0.1) is 13.8 Å². The van der Waals surface area contributed by atoms with E-state index >= 15 is 0 Å². The number of carbonyl (C=O) groups excluding carboxylic acids is 1. The van der Waals surface area contributed by atoms with Crippen molar-refractivity contribution < 1.29 is 9.53 Å². The molecule has 0 fully saturated rings. The van der Waals surface area contributed by atoms with Gasteiger partial charge in [0.1, 0.15) is 6.10 Å². The van der Waals surface area contributed by atoms with Crippen LogP contribution in [0.4, 0.5) is 0 Å². The second-order valence-corrected chi connectivity index (χ2v) is 6.79. The minimum absolute atomic E-state index is 0.0231. The molecule has 0 saturated heterocycles. The third-order valence-electron chi connectivity index (χ3n) is 4.33. The molecule has 2 aromatic carbocycles. The van der Waals surface area contributed by atoms with Crippen LogP contribution in [-0.4, -0.2) is 12.1 Å². The quantitative estimate of drug-likeness (QED) is 0.635. The first-order chi connectivity index (χ1) is 11.4. The summed E-state index contributed by atoms with van der Waals surface area (Å²) in [5, 5.41) is 0.726. The van der Waals surface area contributed by atoms with Gasteiger partial charge >= 0.3 is 5.97 Å². The summed E-state index contributed by atoms with van der Waals surface area (Å²) >= 11 is 6.42. The molecule has 0 bridgehead atoms. The monoisotopic (exact) mass is 344 g/mol. The van der Waals surface area contributed by atoms with Crippen molar-refractivity contribution in [1.29, 1.82) is 0 Å². The SMILES string of the molecule is CCC(=O)OC(Cc1ccc(C)cc1)C(C)c1ccc(C)cc1Cl. The molecule has 0 heterocycles. The molecular weight excluding hydrogens is 320 g/mol. The van der Waals surface area contributed by atoms with Crippen molar-refractivity contribution in [3.05, 3.63) is 69.7 Å². The first kappa shape index (κ1) is 18.5. The van der Waals surface area contributed by atoms with Crippen LogP contribution in [-0.2, 0) is 16.0 Å². The first-order valence-electron chi connectivity index (χ1n) is 8.41. The van der Waals surface area contributed by atoms with E-state index in [1.807, 2.05) is 32.0 Å². The number of hydrogen-bond donors (Lipinski definition) is 0. The maximum absolute atomic E-state index is 11.9. The Balaban J connectivity index is 2.26. The lowest BCUT2D eigenvalue weighted by molar-refractivity contribution is -0.149. The highest BCUT2D eigenvalue weighted by Gasteiger charge is 2.24. The third-order valence-corrected chi connectivity index (χ3v) is 4.66. The summed E-state index contributed by atoms with van der Waals surface area (Å²) in [6.45, 7) is 7.96. The molecule has 2 aromatic rings. The standard InChI is InChI=1S/C21H25ClO2/c1-5-21(23)24-20(13-17-9-6-14(2)7-10-17)16(4)18-11-8-15(3)12-19(18)22/h6-12,16,20H,5,13H2,1-4H3. The lowest BCUT2D eigenvalue weighted by Gasteiger charge is -2.25. The molecule has 3 heteroatoms. The highest BCUT2D eigenvalue weighted by atomic mass is 35.5. The van der Waals surface area contributed by atoms with Crippen molar-refractivity contribution in [2.45, 2.75) is 52.6 Å². The molecule has 2 atom stereocenters. The molecule has 2 nitrogen and oxygen atoms in total. The van der Waals surface area contributed by atoms with E-state index in [0.717, 1.165) is 21.7 Å². The number of benzene rings is 2. The molecule has 0 radical (unpaired) electrons. The van der Waals surface area contributed by atoms with E-state index in [1.54, 1.807) is 0 Å². The maximum atomic E-state index is 11.9. The summed E-state index contributed by atoms with van der Waals surface area (Å²) in [7, 11) is 0. The Morgan fingerprint density at radius 3 is 2.29 bits per heavy atom. The van der Waals surface area contributed by atoms with E-state index in [1.165, 1.54) is 5.56 Å². The van der Waals surface area contributed by atoms with Gasteiger partial charge in [0, 0.05) is 23.8 Å². The molecule has 2 rings (SSSR count). The third kappa shape index (κ3) is 4.85. The average Bonchev–Trinajstić information content (AvgIpc) is 2.55. The molecule has 0 aliphatic heterocycles. The molecule has 128 valence electrons. The van der Waals surface area contributed by atoms with Crippen molar-refractivity contribution in [2.75, 3.05) is 0 Å². The van der Waals surface area contributed by atoms with E-state index in [4.69, 9.17) is 16.3 Å². The van der Waals surface area contributed by atoms with Gasteiger partial charge in [-0.25, -0.2) is 0 Å². The molecule has 24 heavy (non-hydrogen) atoms. The van der Waals surface area contributed by atoms with Crippen LogP contribution in [0.3, 0.4) is 0 Å². The van der Waals surface area contributed by atoms with E-state index in [9.17, 15) is 4.79 Å². The van der Waals surface area contributed by atoms with Gasteiger partial charge < -0.3 is 4.74 Å². The molecule has 0 aliphatic rings. The predicted molar refractivity (Wildman–Crippen MR) is 99.7 cm³/mol. The zero-order valence-corrected chi connectivity index (χ0v) is 15.6. The van der Waals surface area contributed by atoms with Gasteiger partial charge in [-0.2, -0.15) is 0 Å². The molecule has 0 amide bonds. The van der Waals surface area contributed by atoms with Gasteiger partial charge in [-0.15, -0.1) is 0 Å². The lowest BCUT2D eigenvalue weighted by Crippen LogP contribution is -2.26. The van der Waals surface area contributed by atoms with Gasteiger partial charge in [0.05, 0.1) is 0 Å². The molecule has 0 aromatic heterocycles. The highest BCUT2D eigenvalue weighted by molar-refractivity contribution is 6.31. The normalized spacial score (nSPS) is 13.4. The number of halogens is 1. The average molecular weight is 345 g/mol. The number of esters is 1. The van der Waals surface area contributed by atoms with Gasteiger partial charge in [-0.05, 0) is 36.6 Å². The summed E-state index contributed by atoms with van der Waals surface area (Å²) in [6, 6.07) is 14.4. The molecule has 0 N–H and O–H groups in total. The Morgan fingerprint density at radius 1 is 1.08 bits per heavy atom. The molecule has 2 unspecified atom stereocenters. The summed E-state index contributed by atoms with van der Waals surface area (Å²) in [4.78, 5) is 11.9. The van der Waals surface area contributed by atoms with Crippen LogP contribution in [0.5, 0.6) is 0 Å². The van der Waals surface area contributed by atoms with Crippen molar-refractivity contribution in [3.63, 3.8) is 0 Å². The number of rotatable bonds is 6. The Bertz CT molecular complexity index is 691. The summed E-state index contributed by atoms with van der Waals surface area (Å²) in [5.74, 6) is -0.155. The van der Waals surface area contributed by atoms with Crippen LogP contribution in [0.1, 0.15) is 48.4 Å². The van der Waals surface area contributed by atoms with Gasteiger partial charge in [-0.1, -0.05) is 67.4 Å². The van der Waals surface area contributed by atoms with Crippen LogP contribution in [0.25, 0.3) is 0 Å². The van der Waals surface area contributed by atoms with Crippen molar-refractivity contribution in [1.82, 2.24) is 0 Å². The minimum Gasteiger partial charge on any atom is -0.461 e. The van der Waals surface area contributed by atoms with Crippen molar-refractivity contribution in [2.24, 2.45) is 0 Å². The van der Waals surface area contributed by atoms with E-state index in [-0.39, 0.29) is 18.0 Å². The minimum atomic E-state index is -0.236. The summed E-state index contributed by atoms with van der Waals surface area (Å²) < 4.78 is 5.74. The van der Waals surface area contributed by atoms with Crippen LogP contribution < -0.4 is 0 Å². The summed E-state index contributed by atoms with van der Waals surface area (Å²) in [6.07, 6.45) is 0.816.